The van der Waals surface area contributed by atoms with Gasteiger partial charge in [-0.05, 0) is 44.5 Å². The van der Waals surface area contributed by atoms with Gasteiger partial charge in [0, 0.05) is 30.8 Å². The van der Waals surface area contributed by atoms with Gasteiger partial charge in [0.25, 0.3) is 11.5 Å². The number of morpholine rings is 1. The van der Waals surface area contributed by atoms with Crippen LogP contribution in [0.3, 0.4) is 0 Å². The minimum absolute atomic E-state index is 0.0570. The molecule has 1 amide bonds. The molecule has 2 aliphatic rings. The van der Waals surface area contributed by atoms with Crippen LogP contribution in [0.15, 0.2) is 41.7 Å². The van der Waals surface area contributed by atoms with Crippen molar-refractivity contribution in [1.82, 2.24) is 14.9 Å². The zero-order chi connectivity index (χ0) is 22.0. The summed E-state index contributed by atoms with van der Waals surface area (Å²) in [5.74, 6) is 1.15. The van der Waals surface area contributed by atoms with E-state index in [1.807, 2.05) is 18.7 Å². The fraction of sp³-hybridized carbons (Fsp3) is 0.435. The van der Waals surface area contributed by atoms with Crippen LogP contribution in [0, 0.1) is 0 Å². The van der Waals surface area contributed by atoms with Crippen LogP contribution in [-0.2, 0) is 17.7 Å². The molecule has 2 aliphatic heterocycles. The third-order valence-corrected chi connectivity index (χ3v) is 5.54. The van der Waals surface area contributed by atoms with Crippen molar-refractivity contribution in [3.8, 4) is 5.75 Å². The smallest absolute Gasteiger partial charge is 0.255 e. The average Bonchev–Trinajstić information content (AvgIpc) is 2.76. The molecule has 4 rings (SSSR count). The number of fused-ring (bicyclic) bond motifs is 1. The summed E-state index contributed by atoms with van der Waals surface area (Å²) < 4.78 is 11.3. The molecule has 0 bridgehead atoms. The van der Waals surface area contributed by atoms with Crippen LogP contribution in [0.2, 0.25) is 0 Å². The second-order valence-corrected chi connectivity index (χ2v) is 8.08. The first-order valence-corrected chi connectivity index (χ1v) is 10.6. The molecule has 0 spiro atoms. The van der Waals surface area contributed by atoms with E-state index in [9.17, 15) is 9.59 Å². The molecule has 1 aromatic carbocycles. The van der Waals surface area contributed by atoms with Crippen molar-refractivity contribution in [3.05, 3.63) is 64.1 Å². The Morgan fingerprint density at radius 3 is 2.68 bits per heavy atom. The second-order valence-electron chi connectivity index (χ2n) is 8.08. The van der Waals surface area contributed by atoms with Gasteiger partial charge >= 0.3 is 0 Å². The first-order valence-electron chi connectivity index (χ1n) is 10.6. The summed E-state index contributed by atoms with van der Waals surface area (Å²) in [6.45, 7) is 10.2. The molecule has 0 saturated carbocycles. The number of rotatable bonds is 5. The predicted octanol–water partition coefficient (Wildman–Crippen LogP) is 2.15. The summed E-state index contributed by atoms with van der Waals surface area (Å²) in [6.07, 6.45) is 2.27. The highest BCUT2D eigenvalue weighted by molar-refractivity contribution is 5.94. The van der Waals surface area contributed by atoms with Crippen LogP contribution in [0.5, 0.6) is 5.75 Å². The number of ether oxygens (including phenoxy) is 2. The van der Waals surface area contributed by atoms with Crippen molar-refractivity contribution in [3.63, 3.8) is 0 Å². The Kier molecular flexibility index (Phi) is 6.08. The Morgan fingerprint density at radius 2 is 2.00 bits per heavy atom. The Morgan fingerprint density at radius 1 is 1.29 bits per heavy atom. The molecule has 1 fully saturated rings. The molecular weight excluding hydrogens is 396 g/mol. The Bertz CT molecular complexity index is 1010. The maximum Gasteiger partial charge on any atom is 0.255 e. The third-order valence-electron chi connectivity index (χ3n) is 5.54. The lowest BCUT2D eigenvalue weighted by Gasteiger charge is -2.36. The largest absolute Gasteiger partial charge is 0.490 e. The maximum absolute atomic E-state index is 13.0. The topological polar surface area (TPSA) is 87.8 Å². The fourth-order valence-electron chi connectivity index (χ4n) is 4.13. The summed E-state index contributed by atoms with van der Waals surface area (Å²) in [5, 5.41) is 0. The van der Waals surface area contributed by atoms with Gasteiger partial charge in [-0.25, -0.2) is 4.98 Å². The molecule has 164 valence electrons. The Balaban J connectivity index is 1.52. The van der Waals surface area contributed by atoms with E-state index in [0.717, 1.165) is 0 Å². The fourth-order valence-corrected chi connectivity index (χ4v) is 4.13. The zero-order valence-electron chi connectivity index (χ0n) is 18.0. The Labute approximate surface area is 181 Å². The van der Waals surface area contributed by atoms with Gasteiger partial charge in [-0.3, -0.25) is 14.6 Å². The zero-order valence-corrected chi connectivity index (χ0v) is 18.0. The highest BCUT2D eigenvalue weighted by atomic mass is 16.5. The van der Waals surface area contributed by atoms with Crippen LogP contribution >= 0.6 is 0 Å². The molecule has 1 saturated heterocycles. The molecule has 2 aromatic rings. The van der Waals surface area contributed by atoms with Crippen molar-refractivity contribution < 1.29 is 14.3 Å². The molecule has 31 heavy (non-hydrogen) atoms. The summed E-state index contributed by atoms with van der Waals surface area (Å²) in [7, 11) is 0. The number of carbonyl (C=O) groups is 1. The number of nitrogens with zero attached hydrogens (tertiary/aromatic N) is 3. The van der Waals surface area contributed by atoms with Crippen molar-refractivity contribution in [2.24, 2.45) is 0 Å². The molecule has 1 aromatic heterocycles. The van der Waals surface area contributed by atoms with Gasteiger partial charge < -0.3 is 19.3 Å². The lowest BCUT2D eigenvalue weighted by molar-refractivity contribution is -0.00575. The van der Waals surface area contributed by atoms with Gasteiger partial charge in [0.05, 0.1) is 24.4 Å². The summed E-state index contributed by atoms with van der Waals surface area (Å²) in [6, 6.07) is 7.06. The summed E-state index contributed by atoms with van der Waals surface area (Å²) >= 11 is 0. The van der Waals surface area contributed by atoms with Crippen LogP contribution in [0.1, 0.15) is 35.5 Å². The first kappa shape index (κ1) is 21.1. The van der Waals surface area contributed by atoms with Gasteiger partial charge in [0.2, 0.25) is 5.95 Å². The van der Waals surface area contributed by atoms with E-state index in [2.05, 4.69) is 11.6 Å². The summed E-state index contributed by atoms with van der Waals surface area (Å²) in [5.41, 5.74) is 1.78. The van der Waals surface area contributed by atoms with E-state index in [-0.39, 0.29) is 23.7 Å². The van der Waals surface area contributed by atoms with Gasteiger partial charge in [-0.15, -0.1) is 0 Å². The van der Waals surface area contributed by atoms with E-state index in [4.69, 9.17) is 14.5 Å². The van der Waals surface area contributed by atoms with Crippen LogP contribution in [0.25, 0.3) is 0 Å². The van der Waals surface area contributed by atoms with Crippen molar-refractivity contribution >= 4 is 11.9 Å². The van der Waals surface area contributed by atoms with Gasteiger partial charge in [-0.1, -0.05) is 12.7 Å². The maximum atomic E-state index is 13.0. The number of amides is 1. The van der Waals surface area contributed by atoms with Crippen molar-refractivity contribution in [1.29, 1.82) is 0 Å². The molecule has 0 aliphatic carbocycles. The van der Waals surface area contributed by atoms with E-state index in [1.165, 1.54) is 0 Å². The minimum Gasteiger partial charge on any atom is -0.490 e. The summed E-state index contributed by atoms with van der Waals surface area (Å²) in [4.78, 5) is 37.1. The molecule has 8 heteroatoms. The molecule has 0 unspecified atom stereocenters. The monoisotopic (exact) mass is 424 g/mol. The number of hydrogen-bond donors (Lipinski definition) is 1. The highest BCUT2D eigenvalue weighted by Gasteiger charge is 2.28. The van der Waals surface area contributed by atoms with Crippen LogP contribution in [-0.4, -0.2) is 59.2 Å². The number of anilines is 1. The normalized spacial score (nSPS) is 20.8. The van der Waals surface area contributed by atoms with Gasteiger partial charge in [0.1, 0.15) is 12.4 Å². The number of H-pyrrole nitrogens is 1. The van der Waals surface area contributed by atoms with Crippen LogP contribution < -0.4 is 15.2 Å². The lowest BCUT2D eigenvalue weighted by Crippen LogP contribution is -2.47. The lowest BCUT2D eigenvalue weighted by atomic mass is 10.1. The number of nitrogens with one attached hydrogen (secondary N) is 1. The Hall–Kier alpha value is -3.13. The van der Waals surface area contributed by atoms with Gasteiger partial charge in [0.15, 0.2) is 0 Å². The van der Waals surface area contributed by atoms with Crippen molar-refractivity contribution in [2.45, 2.75) is 39.0 Å². The average molecular weight is 425 g/mol. The number of aromatic nitrogens is 2. The number of aromatic amines is 1. The molecule has 3 heterocycles. The van der Waals surface area contributed by atoms with Gasteiger partial charge in [-0.2, -0.15) is 0 Å². The van der Waals surface area contributed by atoms with Crippen molar-refractivity contribution in [2.75, 3.05) is 31.1 Å². The van der Waals surface area contributed by atoms with E-state index >= 15 is 0 Å². The second kappa shape index (κ2) is 8.93. The third kappa shape index (κ3) is 4.64. The number of hydrogen-bond acceptors (Lipinski definition) is 6. The molecule has 0 radical (unpaired) electrons. The van der Waals surface area contributed by atoms with E-state index in [1.54, 1.807) is 35.2 Å². The molecule has 1 N–H and O–H groups in total. The van der Waals surface area contributed by atoms with E-state index in [0.29, 0.717) is 67.7 Å². The molecule has 8 nitrogen and oxygen atoms in total. The van der Waals surface area contributed by atoms with Crippen LogP contribution in [0.4, 0.5) is 5.95 Å². The minimum atomic E-state index is -0.123. The standard InChI is InChI=1S/C23H28N4O4/c1-4-11-30-18-7-5-17(6-8-18)22(29)26-10-9-19-20(14-26)24-23(25-21(19)28)27-12-15(2)31-16(3)13-27/h4-8,15-16H,1,9-14H2,2-3H3,(H,24,25,28)/t15-,16+. The highest BCUT2D eigenvalue weighted by Crippen LogP contribution is 2.21. The van der Waals surface area contributed by atoms with E-state index < -0.39 is 0 Å². The SMILES string of the molecule is C=CCOc1ccc(C(=O)N2CCc3c(nc(N4C[C@@H](C)O[C@@H](C)C4)[nH]c3=O)C2)cc1. The predicted molar refractivity (Wildman–Crippen MR) is 118 cm³/mol. The molecular formula is C23H28N4O4. The first-order chi connectivity index (χ1) is 14.9. The number of carbonyl (C=O) groups excluding carboxylic acids is 1. The molecule has 2 atom stereocenters. The number of benzene rings is 1. The quantitative estimate of drug-likeness (QED) is 0.740.